The van der Waals surface area contributed by atoms with Crippen LogP contribution in [-0.4, -0.2) is 6.54 Å². The molecule has 1 aromatic rings. The Morgan fingerprint density at radius 3 is 2.31 bits per heavy atom. The van der Waals surface area contributed by atoms with Gasteiger partial charge < -0.3 is 5.73 Å². The Kier molecular flexibility index (Phi) is 3.97. The summed E-state index contributed by atoms with van der Waals surface area (Å²) in [5.74, 6) is 1.29. The first-order valence-corrected chi connectivity index (χ1v) is 5.00. The first-order valence-electron chi connectivity index (χ1n) is 5.00. The van der Waals surface area contributed by atoms with Crippen LogP contribution in [0.1, 0.15) is 31.7 Å². The number of hydrogen-bond donors (Lipinski definition) is 1. The van der Waals surface area contributed by atoms with Gasteiger partial charge in [0.2, 0.25) is 0 Å². The van der Waals surface area contributed by atoms with Crippen molar-refractivity contribution in [1.82, 2.24) is 0 Å². The molecule has 2 N–H and O–H groups in total. The highest BCUT2D eigenvalue weighted by atomic mass is 14.5. The molecule has 0 amide bonds. The third kappa shape index (κ3) is 2.85. The van der Waals surface area contributed by atoms with Crippen LogP contribution in [0.4, 0.5) is 0 Å². The maximum absolute atomic E-state index is 5.55. The molecular weight excluding hydrogens is 158 g/mol. The van der Waals surface area contributed by atoms with Gasteiger partial charge in [0.05, 0.1) is 0 Å². The molecule has 0 unspecified atom stereocenters. The summed E-state index contributed by atoms with van der Waals surface area (Å²) in [6.45, 7) is 5.33. The van der Waals surface area contributed by atoms with Crippen molar-refractivity contribution in [3.05, 3.63) is 35.9 Å². The van der Waals surface area contributed by atoms with Crippen LogP contribution in [0.5, 0.6) is 0 Å². The van der Waals surface area contributed by atoms with Gasteiger partial charge in [0, 0.05) is 0 Å². The van der Waals surface area contributed by atoms with Gasteiger partial charge in [-0.25, -0.2) is 0 Å². The lowest BCUT2D eigenvalue weighted by Crippen LogP contribution is -2.11. The number of hydrogen-bond acceptors (Lipinski definition) is 1. The molecule has 0 aromatic heterocycles. The molecule has 0 spiro atoms. The summed E-state index contributed by atoms with van der Waals surface area (Å²) in [6.07, 6.45) is 1.11. The Hall–Kier alpha value is -0.820. The Morgan fingerprint density at radius 1 is 1.15 bits per heavy atom. The summed E-state index contributed by atoms with van der Waals surface area (Å²) in [4.78, 5) is 0. The van der Waals surface area contributed by atoms with Crippen molar-refractivity contribution in [2.24, 2.45) is 11.7 Å². The van der Waals surface area contributed by atoms with Gasteiger partial charge in [0.15, 0.2) is 0 Å². The summed E-state index contributed by atoms with van der Waals surface area (Å²) < 4.78 is 0. The van der Waals surface area contributed by atoms with E-state index in [0.29, 0.717) is 11.8 Å². The van der Waals surface area contributed by atoms with Crippen molar-refractivity contribution < 1.29 is 0 Å². The summed E-state index contributed by atoms with van der Waals surface area (Å²) in [5.41, 5.74) is 6.97. The van der Waals surface area contributed by atoms with Crippen molar-refractivity contribution in [1.29, 1.82) is 0 Å². The van der Waals surface area contributed by atoms with Gasteiger partial charge in [-0.3, -0.25) is 0 Å². The molecular formula is C12H19N. The SMILES string of the molecule is C[C@H](CCN)[C@@H](C)c1ccccc1. The molecule has 72 valence electrons. The van der Waals surface area contributed by atoms with Crippen LogP contribution in [0, 0.1) is 5.92 Å². The standard InChI is InChI=1S/C12H19N/c1-10(8-9-13)11(2)12-6-4-3-5-7-12/h3-7,10-11H,8-9,13H2,1-2H3/t10-,11-/m1/s1. The molecule has 0 radical (unpaired) electrons. The fraction of sp³-hybridized carbons (Fsp3) is 0.500. The first-order chi connectivity index (χ1) is 6.25. The van der Waals surface area contributed by atoms with E-state index in [-0.39, 0.29) is 0 Å². The van der Waals surface area contributed by atoms with Gasteiger partial charge in [0.25, 0.3) is 0 Å². The zero-order valence-corrected chi connectivity index (χ0v) is 8.53. The highest BCUT2D eigenvalue weighted by Crippen LogP contribution is 2.25. The average Bonchev–Trinajstić information content (AvgIpc) is 2.18. The fourth-order valence-corrected chi connectivity index (χ4v) is 1.60. The molecule has 0 saturated heterocycles. The van der Waals surface area contributed by atoms with Crippen molar-refractivity contribution in [3.63, 3.8) is 0 Å². The number of rotatable bonds is 4. The number of benzene rings is 1. The first kappa shape index (κ1) is 10.3. The highest BCUT2D eigenvalue weighted by Gasteiger charge is 2.12. The van der Waals surface area contributed by atoms with Crippen LogP contribution in [0.25, 0.3) is 0 Å². The molecule has 0 fully saturated rings. The molecule has 0 saturated carbocycles. The second-order valence-corrected chi connectivity index (χ2v) is 3.75. The lowest BCUT2D eigenvalue weighted by atomic mass is 9.87. The van der Waals surface area contributed by atoms with Gasteiger partial charge in [-0.1, -0.05) is 44.2 Å². The molecule has 0 aliphatic carbocycles. The monoisotopic (exact) mass is 177 g/mol. The molecule has 0 heterocycles. The molecule has 1 rings (SSSR count). The van der Waals surface area contributed by atoms with Crippen molar-refractivity contribution in [3.8, 4) is 0 Å². The molecule has 0 aliphatic heterocycles. The van der Waals surface area contributed by atoms with E-state index >= 15 is 0 Å². The van der Waals surface area contributed by atoms with Crippen molar-refractivity contribution >= 4 is 0 Å². The largest absolute Gasteiger partial charge is 0.330 e. The zero-order valence-electron chi connectivity index (χ0n) is 8.53. The molecule has 2 atom stereocenters. The lowest BCUT2D eigenvalue weighted by molar-refractivity contribution is 0.459. The van der Waals surface area contributed by atoms with Crippen LogP contribution in [0.15, 0.2) is 30.3 Å². The van der Waals surface area contributed by atoms with Gasteiger partial charge in [-0.2, -0.15) is 0 Å². The van der Waals surface area contributed by atoms with Gasteiger partial charge in [0.1, 0.15) is 0 Å². The topological polar surface area (TPSA) is 26.0 Å². The van der Waals surface area contributed by atoms with Crippen LogP contribution < -0.4 is 5.73 Å². The maximum Gasteiger partial charge on any atom is -0.00745 e. The van der Waals surface area contributed by atoms with E-state index in [1.807, 2.05) is 0 Å². The van der Waals surface area contributed by atoms with Crippen LogP contribution >= 0.6 is 0 Å². The predicted octanol–water partition coefficient (Wildman–Crippen LogP) is 2.78. The second kappa shape index (κ2) is 5.03. The van der Waals surface area contributed by atoms with E-state index in [1.54, 1.807) is 0 Å². The average molecular weight is 177 g/mol. The quantitative estimate of drug-likeness (QED) is 0.752. The molecule has 1 nitrogen and oxygen atoms in total. The summed E-state index contributed by atoms with van der Waals surface area (Å²) >= 11 is 0. The third-order valence-corrected chi connectivity index (χ3v) is 2.80. The van der Waals surface area contributed by atoms with Gasteiger partial charge >= 0.3 is 0 Å². The van der Waals surface area contributed by atoms with E-state index in [0.717, 1.165) is 13.0 Å². The van der Waals surface area contributed by atoms with E-state index in [1.165, 1.54) is 5.56 Å². The maximum atomic E-state index is 5.55. The van der Waals surface area contributed by atoms with E-state index in [2.05, 4.69) is 44.2 Å². The minimum absolute atomic E-state index is 0.616. The Bertz CT molecular complexity index is 230. The fourth-order valence-electron chi connectivity index (χ4n) is 1.60. The molecule has 1 aromatic carbocycles. The Labute approximate surface area is 81.0 Å². The second-order valence-electron chi connectivity index (χ2n) is 3.75. The minimum atomic E-state index is 0.616. The van der Waals surface area contributed by atoms with E-state index in [4.69, 9.17) is 5.73 Å². The van der Waals surface area contributed by atoms with Crippen molar-refractivity contribution in [2.75, 3.05) is 6.54 Å². The molecule has 1 heteroatoms. The van der Waals surface area contributed by atoms with E-state index < -0.39 is 0 Å². The van der Waals surface area contributed by atoms with Crippen LogP contribution in [-0.2, 0) is 0 Å². The Balaban J connectivity index is 2.62. The Morgan fingerprint density at radius 2 is 1.77 bits per heavy atom. The van der Waals surface area contributed by atoms with Gasteiger partial charge in [-0.15, -0.1) is 0 Å². The third-order valence-electron chi connectivity index (χ3n) is 2.80. The van der Waals surface area contributed by atoms with E-state index in [9.17, 15) is 0 Å². The summed E-state index contributed by atoms with van der Waals surface area (Å²) in [5, 5.41) is 0. The predicted molar refractivity (Wildman–Crippen MR) is 57.7 cm³/mol. The number of nitrogens with two attached hydrogens (primary N) is 1. The van der Waals surface area contributed by atoms with Gasteiger partial charge in [-0.05, 0) is 30.4 Å². The van der Waals surface area contributed by atoms with Crippen LogP contribution in [0.2, 0.25) is 0 Å². The zero-order chi connectivity index (χ0) is 9.68. The van der Waals surface area contributed by atoms with Crippen molar-refractivity contribution in [2.45, 2.75) is 26.2 Å². The smallest absolute Gasteiger partial charge is 0.00745 e. The lowest BCUT2D eigenvalue weighted by Gasteiger charge is -2.19. The normalized spacial score (nSPS) is 15.3. The molecule has 0 bridgehead atoms. The molecule has 13 heavy (non-hydrogen) atoms. The summed E-state index contributed by atoms with van der Waals surface area (Å²) in [6, 6.07) is 10.6. The highest BCUT2D eigenvalue weighted by molar-refractivity contribution is 5.19. The van der Waals surface area contributed by atoms with Crippen LogP contribution in [0.3, 0.4) is 0 Å². The minimum Gasteiger partial charge on any atom is -0.330 e. The summed E-state index contributed by atoms with van der Waals surface area (Å²) in [7, 11) is 0. The molecule has 0 aliphatic rings.